The van der Waals surface area contributed by atoms with Gasteiger partial charge < -0.3 is 30.3 Å². The van der Waals surface area contributed by atoms with E-state index >= 15 is 0 Å². The fraction of sp³-hybridized carbons (Fsp3) is 0.359. The number of carboxylic acid groups (broad SMARTS) is 1. The Kier molecular flexibility index (Phi) is 41.0. The van der Waals surface area contributed by atoms with Gasteiger partial charge in [0.1, 0.15) is 17.9 Å². The number of phenols is 1. The van der Waals surface area contributed by atoms with E-state index in [1.807, 2.05) is 24.3 Å². The third-order valence-corrected chi connectivity index (χ3v) is 10.4. The van der Waals surface area contributed by atoms with Crippen molar-refractivity contribution in [1.29, 1.82) is 0 Å². The van der Waals surface area contributed by atoms with Gasteiger partial charge in [0.25, 0.3) is 0 Å². The Labute approximate surface area is 453 Å². The van der Waals surface area contributed by atoms with Crippen LogP contribution in [0, 0.1) is 6.92 Å². The molecule has 0 fully saturated rings. The minimum atomic E-state index is -1.07. The Hall–Kier alpha value is -7.73. The van der Waals surface area contributed by atoms with E-state index in [4.69, 9.17) is 14.6 Å². The van der Waals surface area contributed by atoms with Gasteiger partial charge in [-0.05, 0) is 140 Å². The van der Waals surface area contributed by atoms with Crippen molar-refractivity contribution < 1.29 is 43.7 Å². The maximum atomic E-state index is 12.1. The van der Waals surface area contributed by atoms with Crippen LogP contribution >= 0.6 is 0 Å². The number of aromatic hydroxyl groups is 1. The Morgan fingerprint density at radius 1 is 0.474 bits per heavy atom. The summed E-state index contributed by atoms with van der Waals surface area (Å²) >= 11 is 0. The van der Waals surface area contributed by atoms with Crippen molar-refractivity contribution in [3.05, 3.63) is 199 Å². The van der Waals surface area contributed by atoms with Crippen molar-refractivity contribution in [3.8, 4) is 5.75 Å². The van der Waals surface area contributed by atoms with E-state index in [0.29, 0.717) is 42.6 Å². The van der Waals surface area contributed by atoms with Crippen molar-refractivity contribution in [2.75, 3.05) is 30.4 Å². The van der Waals surface area contributed by atoms with Crippen molar-refractivity contribution in [3.63, 3.8) is 0 Å². The molecule has 2 aromatic rings. The normalized spacial score (nSPS) is 12.2. The first-order valence-electron chi connectivity index (χ1n) is 26.7. The van der Waals surface area contributed by atoms with E-state index < -0.39 is 18.0 Å². The number of nitrogens with one attached hydrogen (secondary N) is 3. The lowest BCUT2D eigenvalue weighted by Gasteiger charge is -2.09. The highest BCUT2D eigenvalue weighted by molar-refractivity contribution is 5.96. The molecule has 0 heterocycles. The molecular formula is C64H85N3O9. The molecule has 76 heavy (non-hydrogen) atoms. The summed E-state index contributed by atoms with van der Waals surface area (Å²) in [6.07, 6.45) is 64.2. The van der Waals surface area contributed by atoms with Gasteiger partial charge in [-0.1, -0.05) is 166 Å². The van der Waals surface area contributed by atoms with Crippen LogP contribution in [0.4, 0.5) is 16.2 Å². The maximum Gasteiger partial charge on any atom is 0.411 e. The summed E-state index contributed by atoms with van der Waals surface area (Å²) in [5.41, 5.74) is 1.51. The maximum absolute atomic E-state index is 12.1. The molecule has 0 bridgehead atoms. The van der Waals surface area contributed by atoms with Crippen LogP contribution in [0.5, 0.6) is 5.75 Å². The molecule has 0 aromatic heterocycles. The van der Waals surface area contributed by atoms with Crippen LogP contribution in [0.2, 0.25) is 0 Å². The van der Waals surface area contributed by atoms with Crippen LogP contribution in [-0.2, 0) is 19.1 Å². The fourth-order valence-electron chi connectivity index (χ4n) is 6.42. The van der Waals surface area contributed by atoms with Gasteiger partial charge in [0.15, 0.2) is 0 Å². The lowest BCUT2D eigenvalue weighted by atomic mass is 10.1. The predicted molar refractivity (Wildman–Crippen MR) is 314 cm³/mol. The van der Waals surface area contributed by atoms with Gasteiger partial charge >= 0.3 is 18.0 Å². The first-order chi connectivity index (χ1) is 37.0. The molecule has 0 unspecified atom stereocenters. The molecule has 410 valence electrons. The van der Waals surface area contributed by atoms with E-state index in [1.165, 1.54) is 18.2 Å². The minimum Gasteiger partial charge on any atom is -0.507 e. The third kappa shape index (κ3) is 37.9. The Morgan fingerprint density at radius 2 is 0.855 bits per heavy atom. The van der Waals surface area contributed by atoms with Crippen molar-refractivity contribution >= 4 is 41.2 Å². The van der Waals surface area contributed by atoms with Gasteiger partial charge in [-0.3, -0.25) is 14.9 Å². The molecule has 0 aliphatic heterocycles. The first-order valence-corrected chi connectivity index (χ1v) is 26.7. The van der Waals surface area contributed by atoms with Crippen LogP contribution in [-0.4, -0.2) is 59.8 Å². The van der Waals surface area contributed by atoms with E-state index in [-0.39, 0.29) is 48.4 Å². The Balaban J connectivity index is 0.000000764. The molecule has 0 saturated carbocycles. The fourth-order valence-corrected chi connectivity index (χ4v) is 6.42. The number of benzene rings is 2. The van der Waals surface area contributed by atoms with Crippen molar-refractivity contribution in [2.45, 2.75) is 130 Å². The molecule has 5 N–H and O–H groups in total. The summed E-state index contributed by atoms with van der Waals surface area (Å²) in [4.78, 5) is 58.9. The summed E-state index contributed by atoms with van der Waals surface area (Å²) in [6, 6.07) is 8.91. The average Bonchev–Trinajstić information content (AvgIpc) is 3.40. The van der Waals surface area contributed by atoms with Gasteiger partial charge in [0.2, 0.25) is 11.8 Å². The highest BCUT2D eigenvalue weighted by atomic mass is 16.5. The molecule has 0 aliphatic rings. The second-order valence-electron chi connectivity index (χ2n) is 16.9. The monoisotopic (exact) mass is 1040 g/mol. The molecule has 0 radical (unpaired) electrons. The first kappa shape index (κ1) is 66.3. The number of carbonyl (C=O) groups excluding carboxylic acids is 4. The smallest absolute Gasteiger partial charge is 0.411 e. The zero-order valence-electron chi connectivity index (χ0n) is 45.5. The molecule has 0 spiro atoms. The second-order valence-corrected chi connectivity index (χ2v) is 16.9. The van der Waals surface area contributed by atoms with E-state index in [2.05, 4.69) is 151 Å². The zero-order valence-corrected chi connectivity index (χ0v) is 45.5. The van der Waals surface area contributed by atoms with Gasteiger partial charge in [-0.25, -0.2) is 14.4 Å². The number of hydrogen-bond acceptors (Lipinski definition) is 8. The van der Waals surface area contributed by atoms with Crippen molar-refractivity contribution in [1.82, 2.24) is 5.32 Å². The lowest BCUT2D eigenvalue weighted by molar-refractivity contribution is -0.121. The van der Waals surface area contributed by atoms with E-state index in [9.17, 15) is 29.1 Å². The molecular weight excluding hydrogens is 955 g/mol. The average molecular weight is 1040 g/mol. The number of amides is 3. The molecule has 2 rings (SSSR count). The molecule has 0 atom stereocenters. The number of rotatable bonds is 36. The largest absolute Gasteiger partial charge is 0.507 e. The molecule has 12 nitrogen and oxygen atoms in total. The summed E-state index contributed by atoms with van der Waals surface area (Å²) in [6.45, 7) is 8.07. The molecule has 2 aromatic carbocycles. The number of aromatic carboxylic acids is 1. The van der Waals surface area contributed by atoms with Gasteiger partial charge in [-0.2, -0.15) is 0 Å². The molecule has 12 heteroatoms. The third-order valence-electron chi connectivity index (χ3n) is 10.4. The van der Waals surface area contributed by atoms with Crippen LogP contribution in [0.25, 0.3) is 0 Å². The van der Waals surface area contributed by atoms with Gasteiger partial charge in [-0.15, -0.1) is 0 Å². The number of aryl methyl sites for hydroxylation is 1. The van der Waals surface area contributed by atoms with Crippen LogP contribution in [0.1, 0.15) is 150 Å². The number of anilines is 2. The standard InChI is InChI=1S/C33H44N2O5.C31H41NO4/c1-3-4-5-6-7-8-9-10-11-12-13-14-15-16-17-18-19-20-21-22-31(36)34-25-26-40-33(39)35-29-24-23-28(2)30(27-29)32(37)38;1-3-5-6-7-8-9-10-11-12-13-14-15-16-17-18-19-20-21-22-23-30(34)32-27-24-25-29(33)28(26-27)31(35)36-4-2/h4-5,7-8,10-11,13-14,16-17,19-20,23-24,27H,3,6,9,12,15,18,21-22,25-26H2,1-2H3,(H,34,36)(H,35,39)(H,37,38);5-6,8-9,11-12,14-15,17-18,20-21,24-26,33H,3-4,7,10,13,16,19,22-23H2,1-2H3,(H,32,34)/b5-4-,8-7-,11-10-,14-13-,17-16-,20-19-;6-5-,9-8-,12-11-,15-14-,18-17-,21-20-. The summed E-state index contributed by atoms with van der Waals surface area (Å²) in [5, 5.41) is 26.9. The zero-order chi connectivity index (χ0) is 55.5. The summed E-state index contributed by atoms with van der Waals surface area (Å²) in [5.74, 6) is -2.14. The molecule has 0 aliphatic carbocycles. The minimum absolute atomic E-state index is 0.00906. The summed E-state index contributed by atoms with van der Waals surface area (Å²) < 4.78 is 9.93. The highest BCUT2D eigenvalue weighted by Crippen LogP contribution is 2.23. The number of carbonyl (C=O) groups is 5. The number of allylic oxidation sites excluding steroid dienone is 24. The number of phenolic OH excluding ortho intramolecular Hbond substituents is 1. The van der Waals surface area contributed by atoms with E-state index in [1.54, 1.807) is 32.0 Å². The SMILES string of the molecule is CC/C=C\C/C=C\C/C=C\C/C=C\C/C=C\C/C=C\CCC(=O)NCCOC(=O)Nc1ccc(C)c(C(=O)O)c1.CC/C=C\C/C=C\C/C=C\C/C=C\C/C=C\C/C=C\CCC(=O)Nc1ccc(O)c(C(=O)OCC)c1. The number of hydrogen-bond donors (Lipinski definition) is 5. The lowest BCUT2D eigenvalue weighted by Crippen LogP contribution is -2.28. The number of ether oxygens (including phenoxy) is 2. The van der Waals surface area contributed by atoms with Crippen LogP contribution in [0.15, 0.2) is 182 Å². The second kappa shape index (κ2) is 47.0. The van der Waals surface area contributed by atoms with Crippen LogP contribution in [0.3, 0.4) is 0 Å². The van der Waals surface area contributed by atoms with Gasteiger partial charge in [0, 0.05) is 24.2 Å². The predicted octanol–water partition coefficient (Wildman–Crippen LogP) is 15.8. The highest BCUT2D eigenvalue weighted by Gasteiger charge is 2.14. The Morgan fingerprint density at radius 3 is 1.28 bits per heavy atom. The van der Waals surface area contributed by atoms with Crippen LogP contribution < -0.4 is 16.0 Å². The van der Waals surface area contributed by atoms with Gasteiger partial charge in [0.05, 0.1) is 18.7 Å². The summed E-state index contributed by atoms with van der Waals surface area (Å²) in [7, 11) is 0. The number of esters is 1. The molecule has 0 saturated heterocycles. The van der Waals surface area contributed by atoms with E-state index in [0.717, 1.165) is 77.0 Å². The number of carboxylic acids is 1. The topological polar surface area (TPSA) is 180 Å². The molecule has 3 amide bonds. The quantitative estimate of drug-likeness (QED) is 0.0192. The van der Waals surface area contributed by atoms with Crippen molar-refractivity contribution in [2.24, 2.45) is 0 Å². The Bertz CT molecular complexity index is 2360.